The molecule has 3 aromatic heterocycles. The molecular weight excluding hydrogens is 519 g/mol. The summed E-state index contributed by atoms with van der Waals surface area (Å²) in [5.74, 6) is 5.95. The van der Waals surface area contributed by atoms with E-state index in [0.717, 1.165) is 17.7 Å². The fourth-order valence-corrected chi connectivity index (χ4v) is 4.28. The van der Waals surface area contributed by atoms with Gasteiger partial charge in [0, 0.05) is 41.4 Å². The molecule has 1 amide bonds. The van der Waals surface area contributed by atoms with E-state index in [1.54, 1.807) is 31.3 Å². The fourth-order valence-electron chi connectivity index (χ4n) is 4.28. The predicted molar refractivity (Wildman–Crippen MR) is 146 cm³/mol. The normalized spacial score (nSPS) is 11.3. The molecule has 0 saturated heterocycles. The van der Waals surface area contributed by atoms with Crippen molar-refractivity contribution in [2.75, 3.05) is 11.1 Å². The van der Waals surface area contributed by atoms with Crippen LogP contribution in [0.2, 0.25) is 0 Å². The number of nitrogen functional groups attached to an aromatic ring is 1. The summed E-state index contributed by atoms with van der Waals surface area (Å²) in [5.41, 5.74) is 9.03. The van der Waals surface area contributed by atoms with Crippen molar-refractivity contribution in [3.63, 3.8) is 0 Å². The maximum absolute atomic E-state index is 13.6. The van der Waals surface area contributed by atoms with Crippen molar-refractivity contribution in [2.45, 2.75) is 33.5 Å². The highest BCUT2D eigenvalue weighted by atomic mass is 19.4. The van der Waals surface area contributed by atoms with Gasteiger partial charge in [0.05, 0.1) is 28.5 Å². The average Bonchev–Trinajstić information content (AvgIpc) is 3.51. The molecule has 0 aliphatic rings. The number of nitrogens with two attached hydrogens (primary N) is 1. The van der Waals surface area contributed by atoms with Crippen LogP contribution in [0.25, 0.3) is 16.7 Å². The van der Waals surface area contributed by atoms with Crippen molar-refractivity contribution in [1.82, 2.24) is 24.1 Å². The maximum atomic E-state index is 13.6. The van der Waals surface area contributed by atoms with E-state index in [2.05, 4.69) is 32.1 Å². The van der Waals surface area contributed by atoms with Gasteiger partial charge in [0.15, 0.2) is 0 Å². The van der Waals surface area contributed by atoms with Gasteiger partial charge in [-0.1, -0.05) is 17.9 Å². The molecule has 11 heteroatoms. The number of anilines is 2. The molecule has 0 radical (unpaired) electrons. The number of halogens is 3. The van der Waals surface area contributed by atoms with Crippen LogP contribution in [-0.4, -0.2) is 30.0 Å². The molecule has 202 valence electrons. The van der Waals surface area contributed by atoms with Crippen molar-refractivity contribution in [3.05, 3.63) is 95.0 Å². The summed E-state index contributed by atoms with van der Waals surface area (Å²) < 4.78 is 44.3. The molecule has 0 aliphatic carbocycles. The highest BCUT2D eigenvalue weighted by Crippen LogP contribution is 2.33. The van der Waals surface area contributed by atoms with Crippen LogP contribution in [0.5, 0.6) is 0 Å². The minimum atomic E-state index is -4.60. The van der Waals surface area contributed by atoms with Crippen LogP contribution in [0.1, 0.15) is 45.2 Å². The number of aryl methyl sites for hydroxylation is 3. The lowest BCUT2D eigenvalue weighted by molar-refractivity contribution is -0.137. The average molecular weight is 544 g/mol. The molecule has 0 unspecified atom stereocenters. The summed E-state index contributed by atoms with van der Waals surface area (Å²) >= 11 is 0. The van der Waals surface area contributed by atoms with E-state index in [9.17, 15) is 18.0 Å². The Balaban J connectivity index is 1.47. The summed E-state index contributed by atoms with van der Waals surface area (Å²) in [6.45, 7) is 6.23. The summed E-state index contributed by atoms with van der Waals surface area (Å²) in [6, 6.07) is 8.29. The van der Waals surface area contributed by atoms with E-state index < -0.39 is 17.6 Å². The van der Waals surface area contributed by atoms with Crippen molar-refractivity contribution in [2.24, 2.45) is 0 Å². The van der Waals surface area contributed by atoms with Crippen LogP contribution in [0.3, 0.4) is 0 Å². The zero-order chi connectivity index (χ0) is 28.6. The zero-order valence-electron chi connectivity index (χ0n) is 21.8. The number of hydrogen-bond donors (Lipinski definition) is 2. The smallest absolute Gasteiger partial charge is 0.383 e. The van der Waals surface area contributed by atoms with Crippen LogP contribution < -0.4 is 11.1 Å². The van der Waals surface area contributed by atoms with E-state index in [4.69, 9.17) is 5.73 Å². The second-order valence-corrected chi connectivity index (χ2v) is 9.21. The minimum Gasteiger partial charge on any atom is -0.383 e. The first-order valence-corrected chi connectivity index (χ1v) is 12.3. The summed E-state index contributed by atoms with van der Waals surface area (Å²) in [5, 5.41) is 3.24. The Morgan fingerprint density at radius 2 is 1.80 bits per heavy atom. The van der Waals surface area contributed by atoms with Crippen molar-refractivity contribution in [3.8, 4) is 17.5 Å². The first-order valence-electron chi connectivity index (χ1n) is 12.3. The molecule has 5 aromatic rings. The highest BCUT2D eigenvalue weighted by Gasteiger charge is 2.31. The van der Waals surface area contributed by atoms with Gasteiger partial charge in [0.1, 0.15) is 17.8 Å². The lowest BCUT2D eigenvalue weighted by Gasteiger charge is -2.14. The standard InChI is InChI=1S/C29H24F3N7O/c1-4-38-14-21(25-26(33)34-15-35-27(25)38)8-7-19-9-20(6-5-17(19)2)28(40)37-23-10-22(29(30,31)32)11-24(12-23)39-13-18(3)36-16-39/h5-6,9-16H,4H2,1-3H3,(H,37,40)(H2,33,34,35). The summed E-state index contributed by atoms with van der Waals surface area (Å²) in [7, 11) is 0. The summed E-state index contributed by atoms with van der Waals surface area (Å²) in [4.78, 5) is 25.6. The third kappa shape index (κ3) is 5.24. The number of carbonyl (C=O) groups excluding carboxylic acids is 1. The number of aromatic nitrogens is 5. The first kappa shape index (κ1) is 26.5. The third-order valence-corrected chi connectivity index (χ3v) is 6.37. The summed E-state index contributed by atoms with van der Waals surface area (Å²) in [6.07, 6.45) is 1.66. The van der Waals surface area contributed by atoms with Crippen LogP contribution in [-0.2, 0) is 12.7 Å². The molecule has 40 heavy (non-hydrogen) atoms. The molecule has 0 spiro atoms. The van der Waals surface area contributed by atoms with Gasteiger partial charge in [-0.3, -0.25) is 4.79 Å². The topological polar surface area (TPSA) is 104 Å². The zero-order valence-corrected chi connectivity index (χ0v) is 21.8. The molecular formula is C29H24F3N7O. The monoisotopic (exact) mass is 543 g/mol. The van der Waals surface area contributed by atoms with Crippen LogP contribution in [0, 0.1) is 25.7 Å². The number of carbonyl (C=O) groups is 1. The second-order valence-electron chi connectivity index (χ2n) is 9.21. The van der Waals surface area contributed by atoms with Crippen LogP contribution in [0.15, 0.2) is 61.4 Å². The molecule has 0 atom stereocenters. The second kappa shape index (κ2) is 10.2. The van der Waals surface area contributed by atoms with E-state index in [0.29, 0.717) is 40.2 Å². The van der Waals surface area contributed by atoms with Gasteiger partial charge in [-0.2, -0.15) is 13.2 Å². The number of nitrogens with zero attached hydrogens (tertiary/aromatic N) is 5. The Kier molecular flexibility index (Phi) is 6.77. The largest absolute Gasteiger partial charge is 0.416 e. The molecule has 3 heterocycles. The van der Waals surface area contributed by atoms with Gasteiger partial charge in [-0.05, 0) is 56.7 Å². The number of fused-ring (bicyclic) bond motifs is 1. The number of imidazole rings is 1. The highest BCUT2D eigenvalue weighted by molar-refractivity contribution is 6.04. The van der Waals surface area contributed by atoms with Gasteiger partial charge < -0.3 is 20.2 Å². The minimum absolute atomic E-state index is 0.00256. The lowest BCUT2D eigenvalue weighted by atomic mass is 10.0. The van der Waals surface area contributed by atoms with Crippen molar-refractivity contribution >= 4 is 28.4 Å². The van der Waals surface area contributed by atoms with E-state index in [1.807, 2.05) is 24.6 Å². The number of benzene rings is 2. The Hall–Kier alpha value is -5.11. The molecule has 2 aromatic carbocycles. The van der Waals surface area contributed by atoms with E-state index >= 15 is 0 Å². The predicted octanol–water partition coefficient (Wildman–Crippen LogP) is 5.51. The lowest BCUT2D eigenvalue weighted by Crippen LogP contribution is -2.14. The van der Waals surface area contributed by atoms with Crippen LogP contribution in [0.4, 0.5) is 24.7 Å². The number of hydrogen-bond acceptors (Lipinski definition) is 5. The Bertz CT molecular complexity index is 1820. The molecule has 8 nitrogen and oxygen atoms in total. The molecule has 3 N–H and O–H groups in total. The molecule has 0 bridgehead atoms. The molecule has 5 rings (SSSR count). The number of amides is 1. The van der Waals surface area contributed by atoms with Gasteiger partial charge >= 0.3 is 6.18 Å². The van der Waals surface area contributed by atoms with Gasteiger partial charge in [-0.25, -0.2) is 15.0 Å². The number of alkyl halides is 3. The van der Waals surface area contributed by atoms with Gasteiger partial charge in [0.2, 0.25) is 0 Å². The Morgan fingerprint density at radius 3 is 2.50 bits per heavy atom. The number of nitrogens with one attached hydrogen (secondary N) is 1. The van der Waals surface area contributed by atoms with Crippen molar-refractivity contribution in [1.29, 1.82) is 0 Å². The first-order chi connectivity index (χ1) is 19.0. The third-order valence-electron chi connectivity index (χ3n) is 6.37. The molecule has 0 saturated carbocycles. The van der Waals surface area contributed by atoms with E-state index in [-0.39, 0.29) is 16.9 Å². The maximum Gasteiger partial charge on any atom is 0.416 e. The number of rotatable bonds is 4. The quantitative estimate of drug-likeness (QED) is 0.291. The van der Waals surface area contributed by atoms with E-state index in [1.165, 1.54) is 23.3 Å². The van der Waals surface area contributed by atoms with Gasteiger partial charge in [-0.15, -0.1) is 0 Å². The SMILES string of the molecule is CCn1cc(C#Cc2cc(C(=O)Nc3cc(-n4cnc(C)c4)cc(C(F)(F)F)c3)ccc2C)c2c(N)ncnc21. The molecule has 0 fully saturated rings. The Labute approximate surface area is 227 Å². The van der Waals surface area contributed by atoms with Crippen LogP contribution >= 0.6 is 0 Å². The van der Waals surface area contributed by atoms with Gasteiger partial charge in [0.25, 0.3) is 5.91 Å². The fraction of sp³-hybridized carbons (Fsp3) is 0.172. The van der Waals surface area contributed by atoms with Crippen molar-refractivity contribution < 1.29 is 18.0 Å². The molecule has 0 aliphatic heterocycles. The Morgan fingerprint density at radius 1 is 1.02 bits per heavy atom.